The number of benzene rings is 3. The number of nitrogens with zero attached hydrogens (tertiary/aromatic N) is 2. The molecule has 3 aromatic carbocycles. The Morgan fingerprint density at radius 2 is 1.69 bits per heavy atom. The number of ether oxygens (including phenoxy) is 3. The summed E-state index contributed by atoms with van der Waals surface area (Å²) < 4.78 is 16.4. The minimum atomic E-state index is -0.220. The van der Waals surface area contributed by atoms with Crippen LogP contribution in [0.5, 0.6) is 17.4 Å². The van der Waals surface area contributed by atoms with E-state index in [4.69, 9.17) is 14.2 Å². The summed E-state index contributed by atoms with van der Waals surface area (Å²) in [6.45, 7) is 0.542. The zero-order chi connectivity index (χ0) is 22.2. The Bertz CT molecular complexity index is 1170. The Hall–Kier alpha value is -4.13. The van der Waals surface area contributed by atoms with Crippen LogP contribution < -0.4 is 19.5 Å². The lowest BCUT2D eigenvalue weighted by Gasteiger charge is -2.10. The number of amides is 1. The third-order valence-electron chi connectivity index (χ3n) is 4.81. The predicted octanol–water partition coefficient (Wildman–Crippen LogP) is 3.88. The van der Waals surface area contributed by atoms with Gasteiger partial charge in [-0.2, -0.15) is 0 Å². The largest absolute Gasteiger partial charge is 0.497 e. The number of rotatable bonds is 9. The fourth-order valence-electron chi connectivity index (χ4n) is 3.17. The van der Waals surface area contributed by atoms with Crippen LogP contribution in [0.4, 0.5) is 0 Å². The van der Waals surface area contributed by atoms with Gasteiger partial charge in [0.15, 0.2) is 6.61 Å². The molecule has 0 aliphatic heterocycles. The summed E-state index contributed by atoms with van der Waals surface area (Å²) in [7, 11) is 1.63. The molecule has 0 atom stereocenters. The molecule has 4 rings (SSSR count). The number of fused-ring (bicyclic) bond motifs is 1. The number of hydrogen-bond acceptors (Lipinski definition) is 6. The summed E-state index contributed by atoms with van der Waals surface area (Å²) in [4.78, 5) is 12.1. The molecule has 32 heavy (non-hydrogen) atoms. The summed E-state index contributed by atoms with van der Waals surface area (Å²) >= 11 is 0. The number of hydrogen-bond donors (Lipinski definition) is 1. The summed E-state index contributed by atoms with van der Waals surface area (Å²) in [6, 6.07) is 24.8. The van der Waals surface area contributed by atoms with Crippen LogP contribution in [0.15, 0.2) is 78.9 Å². The van der Waals surface area contributed by atoms with E-state index >= 15 is 0 Å². The number of aromatic nitrogens is 2. The lowest BCUT2D eigenvalue weighted by molar-refractivity contribution is -0.123. The summed E-state index contributed by atoms with van der Waals surface area (Å²) in [5.74, 6) is 1.64. The second-order valence-electron chi connectivity index (χ2n) is 6.95. The van der Waals surface area contributed by atoms with Crippen molar-refractivity contribution in [3.05, 3.63) is 78.9 Å². The molecule has 0 bridgehead atoms. The van der Waals surface area contributed by atoms with E-state index in [2.05, 4.69) is 15.5 Å². The molecule has 1 aromatic heterocycles. The van der Waals surface area contributed by atoms with Crippen LogP contribution in [-0.2, 0) is 4.79 Å². The van der Waals surface area contributed by atoms with Gasteiger partial charge < -0.3 is 19.5 Å². The van der Waals surface area contributed by atoms with E-state index in [9.17, 15) is 4.79 Å². The molecule has 7 nitrogen and oxygen atoms in total. The van der Waals surface area contributed by atoms with Gasteiger partial charge in [-0.1, -0.05) is 36.4 Å². The van der Waals surface area contributed by atoms with Crippen molar-refractivity contribution in [2.75, 3.05) is 26.9 Å². The molecule has 1 amide bonds. The first-order valence-corrected chi connectivity index (χ1v) is 10.2. The van der Waals surface area contributed by atoms with Gasteiger partial charge in [-0.15, -0.1) is 10.2 Å². The van der Waals surface area contributed by atoms with Crippen LogP contribution >= 0.6 is 0 Å². The highest BCUT2D eigenvalue weighted by Gasteiger charge is 2.06. The van der Waals surface area contributed by atoms with Gasteiger partial charge in [0.05, 0.1) is 19.3 Å². The smallest absolute Gasteiger partial charge is 0.258 e. The second-order valence-corrected chi connectivity index (χ2v) is 6.95. The molecule has 0 unspecified atom stereocenters. The van der Waals surface area contributed by atoms with Gasteiger partial charge in [0.25, 0.3) is 5.91 Å². The van der Waals surface area contributed by atoms with Crippen molar-refractivity contribution < 1.29 is 19.0 Å². The van der Waals surface area contributed by atoms with Gasteiger partial charge in [-0.25, -0.2) is 0 Å². The van der Waals surface area contributed by atoms with Gasteiger partial charge in [0.2, 0.25) is 5.88 Å². The van der Waals surface area contributed by atoms with Gasteiger partial charge in [-0.05, 0) is 41.8 Å². The molecule has 1 N–H and O–H groups in total. The fraction of sp³-hybridized carbons (Fsp3) is 0.160. The number of methoxy groups -OCH3 is 1. The quantitative estimate of drug-likeness (QED) is 0.407. The Morgan fingerprint density at radius 1 is 0.875 bits per heavy atom. The van der Waals surface area contributed by atoms with Gasteiger partial charge in [0, 0.05) is 17.0 Å². The average molecular weight is 429 g/mol. The van der Waals surface area contributed by atoms with Crippen LogP contribution in [-0.4, -0.2) is 43.0 Å². The first-order chi connectivity index (χ1) is 15.7. The number of nitrogens with one attached hydrogen (secondary N) is 1. The molecule has 7 heteroatoms. The van der Waals surface area contributed by atoms with Crippen LogP contribution in [0.25, 0.3) is 22.0 Å². The molecule has 162 valence electrons. The van der Waals surface area contributed by atoms with Gasteiger partial charge >= 0.3 is 0 Å². The molecule has 0 radical (unpaired) electrons. The van der Waals surface area contributed by atoms with Crippen molar-refractivity contribution >= 4 is 16.7 Å². The maximum atomic E-state index is 12.1. The zero-order valence-corrected chi connectivity index (χ0v) is 17.7. The van der Waals surface area contributed by atoms with E-state index < -0.39 is 0 Å². The Balaban J connectivity index is 1.20. The third-order valence-corrected chi connectivity index (χ3v) is 4.81. The highest BCUT2D eigenvalue weighted by Crippen LogP contribution is 2.25. The molecule has 0 fully saturated rings. The molecule has 0 aliphatic rings. The molecule has 0 aliphatic carbocycles. The molecular formula is C25H23N3O4. The standard InChI is InChI=1S/C25H23N3O4/c1-30-20-11-9-19(10-12-20)22-13-14-25(28-27-22)31-16-15-26-24(29)17-32-23-8-4-6-18-5-2-3-7-21(18)23/h2-14H,15-17H2,1H3,(H,26,29). The lowest BCUT2D eigenvalue weighted by atomic mass is 10.1. The zero-order valence-electron chi connectivity index (χ0n) is 17.7. The predicted molar refractivity (Wildman–Crippen MR) is 122 cm³/mol. The van der Waals surface area contributed by atoms with Crippen molar-refractivity contribution in [1.29, 1.82) is 0 Å². The molecule has 4 aromatic rings. The van der Waals surface area contributed by atoms with Crippen molar-refractivity contribution in [3.63, 3.8) is 0 Å². The van der Waals surface area contributed by atoms with Crippen molar-refractivity contribution in [2.45, 2.75) is 0 Å². The minimum Gasteiger partial charge on any atom is -0.497 e. The normalized spacial score (nSPS) is 10.5. The van der Waals surface area contributed by atoms with Crippen molar-refractivity contribution in [2.24, 2.45) is 0 Å². The second kappa shape index (κ2) is 10.3. The molecule has 0 spiro atoms. The molecule has 1 heterocycles. The average Bonchev–Trinajstić information content (AvgIpc) is 2.86. The fourth-order valence-corrected chi connectivity index (χ4v) is 3.17. The number of carbonyl (C=O) groups excluding carboxylic acids is 1. The van der Waals surface area contributed by atoms with Crippen LogP contribution in [0.1, 0.15) is 0 Å². The minimum absolute atomic E-state index is 0.0651. The molecule has 0 saturated heterocycles. The van der Waals surface area contributed by atoms with Crippen LogP contribution in [0.3, 0.4) is 0 Å². The van der Waals surface area contributed by atoms with E-state index in [0.717, 1.165) is 27.8 Å². The van der Waals surface area contributed by atoms with Crippen LogP contribution in [0.2, 0.25) is 0 Å². The Labute approximate surface area is 186 Å². The van der Waals surface area contributed by atoms with Crippen molar-refractivity contribution in [3.8, 4) is 28.6 Å². The summed E-state index contributed by atoms with van der Waals surface area (Å²) in [5.41, 5.74) is 1.67. The Kier molecular flexibility index (Phi) is 6.77. The summed E-state index contributed by atoms with van der Waals surface area (Å²) in [5, 5.41) is 13.1. The Morgan fingerprint density at radius 3 is 2.47 bits per heavy atom. The van der Waals surface area contributed by atoms with E-state index in [1.807, 2.05) is 72.8 Å². The monoisotopic (exact) mass is 429 g/mol. The van der Waals surface area contributed by atoms with Gasteiger partial charge in [0.1, 0.15) is 18.1 Å². The van der Waals surface area contributed by atoms with E-state index in [0.29, 0.717) is 18.2 Å². The number of carbonyl (C=O) groups is 1. The maximum Gasteiger partial charge on any atom is 0.258 e. The summed E-state index contributed by atoms with van der Waals surface area (Å²) in [6.07, 6.45) is 0. The van der Waals surface area contributed by atoms with Crippen LogP contribution in [0, 0.1) is 0 Å². The first-order valence-electron chi connectivity index (χ1n) is 10.2. The maximum absolute atomic E-state index is 12.1. The van der Waals surface area contributed by atoms with Gasteiger partial charge in [-0.3, -0.25) is 4.79 Å². The molecule has 0 saturated carbocycles. The van der Waals surface area contributed by atoms with Crippen molar-refractivity contribution in [1.82, 2.24) is 15.5 Å². The third kappa shape index (κ3) is 5.31. The topological polar surface area (TPSA) is 82.6 Å². The first kappa shape index (κ1) is 21.1. The van der Waals surface area contributed by atoms with E-state index in [1.54, 1.807) is 13.2 Å². The highest BCUT2D eigenvalue weighted by molar-refractivity contribution is 5.88. The van der Waals surface area contributed by atoms with E-state index in [1.165, 1.54) is 0 Å². The SMILES string of the molecule is COc1ccc(-c2ccc(OCCNC(=O)COc3cccc4ccccc34)nn2)cc1. The lowest BCUT2D eigenvalue weighted by Crippen LogP contribution is -2.32. The van der Waals surface area contributed by atoms with E-state index in [-0.39, 0.29) is 19.1 Å². The molecular weight excluding hydrogens is 406 g/mol. The highest BCUT2D eigenvalue weighted by atomic mass is 16.5.